The summed E-state index contributed by atoms with van der Waals surface area (Å²) in [6, 6.07) is 15.0. The van der Waals surface area contributed by atoms with E-state index in [1.165, 1.54) is 17.5 Å². The van der Waals surface area contributed by atoms with Crippen LogP contribution in [0.3, 0.4) is 0 Å². The predicted octanol–water partition coefficient (Wildman–Crippen LogP) is 2.27. The van der Waals surface area contributed by atoms with Gasteiger partial charge in [0.2, 0.25) is 15.9 Å². The van der Waals surface area contributed by atoms with Gasteiger partial charge in [-0.05, 0) is 24.3 Å². The van der Waals surface area contributed by atoms with Crippen LogP contribution in [0, 0.1) is 0 Å². The highest BCUT2D eigenvalue weighted by Gasteiger charge is 2.19. The zero-order valence-corrected chi connectivity index (χ0v) is 15.3. The number of amides is 1. The maximum atomic E-state index is 12.3. The summed E-state index contributed by atoms with van der Waals surface area (Å²) < 4.78 is 29.9. The summed E-state index contributed by atoms with van der Waals surface area (Å²) in [6.07, 6.45) is 1.02. The molecule has 0 bridgehead atoms. The Hall–Kier alpha value is -2.87. The molecule has 0 aromatic heterocycles. The van der Waals surface area contributed by atoms with E-state index in [1.807, 2.05) is 0 Å². The van der Waals surface area contributed by atoms with Crippen molar-refractivity contribution >= 4 is 33.3 Å². The van der Waals surface area contributed by atoms with E-state index in [2.05, 4.69) is 10.1 Å². The summed E-state index contributed by atoms with van der Waals surface area (Å²) >= 11 is 0. The molecule has 26 heavy (non-hydrogen) atoms. The quantitative estimate of drug-likeness (QED) is 0.748. The molecule has 0 heterocycles. The first-order valence-corrected chi connectivity index (χ1v) is 9.67. The van der Waals surface area contributed by atoms with Crippen LogP contribution in [0.1, 0.15) is 16.8 Å². The Bertz CT molecular complexity index is 881. The summed E-state index contributed by atoms with van der Waals surface area (Å²) in [6.45, 7) is -0.0188. The molecule has 0 saturated heterocycles. The molecule has 2 aromatic rings. The molecule has 2 aromatic carbocycles. The molecule has 0 aliphatic carbocycles. The van der Waals surface area contributed by atoms with E-state index in [-0.39, 0.29) is 18.5 Å². The minimum atomic E-state index is -3.53. The van der Waals surface area contributed by atoms with Gasteiger partial charge in [-0.2, -0.15) is 0 Å². The van der Waals surface area contributed by atoms with Crippen LogP contribution in [0.4, 0.5) is 11.4 Å². The van der Waals surface area contributed by atoms with E-state index in [9.17, 15) is 18.0 Å². The number of benzene rings is 2. The number of nitrogens with one attached hydrogen (secondary N) is 1. The smallest absolute Gasteiger partial charge is 0.339 e. The normalized spacial score (nSPS) is 10.8. The van der Waals surface area contributed by atoms with Gasteiger partial charge in [0.25, 0.3) is 0 Å². The Morgan fingerprint density at radius 3 is 2.27 bits per heavy atom. The lowest BCUT2D eigenvalue weighted by Crippen LogP contribution is -2.33. The zero-order chi connectivity index (χ0) is 19.2. The monoisotopic (exact) mass is 376 g/mol. The second-order valence-electron chi connectivity index (χ2n) is 5.51. The number of hydrogen-bond acceptors (Lipinski definition) is 5. The van der Waals surface area contributed by atoms with Gasteiger partial charge in [0.15, 0.2) is 0 Å². The lowest BCUT2D eigenvalue weighted by Gasteiger charge is -2.22. The summed E-state index contributed by atoms with van der Waals surface area (Å²) in [7, 11) is -2.28. The van der Waals surface area contributed by atoms with Crippen LogP contribution in [0.25, 0.3) is 0 Å². The molecule has 0 aliphatic heterocycles. The largest absolute Gasteiger partial charge is 0.465 e. The van der Waals surface area contributed by atoms with Crippen molar-refractivity contribution in [3.63, 3.8) is 0 Å². The molecule has 2 rings (SSSR count). The van der Waals surface area contributed by atoms with Gasteiger partial charge in [-0.1, -0.05) is 30.3 Å². The first kappa shape index (κ1) is 19.5. The standard InChI is InChI=1S/C18H20N2O5S/c1-25-18(22)15-10-6-7-11-16(15)19-17(21)12-13-20(26(2,23)24)14-8-4-3-5-9-14/h3-11H,12-13H2,1-2H3,(H,19,21). The molecular formula is C18H20N2O5S. The van der Waals surface area contributed by atoms with Gasteiger partial charge in [-0.15, -0.1) is 0 Å². The maximum Gasteiger partial charge on any atom is 0.339 e. The molecule has 0 spiro atoms. The van der Waals surface area contributed by atoms with Gasteiger partial charge in [0.05, 0.1) is 30.3 Å². The molecule has 0 unspecified atom stereocenters. The molecule has 1 N–H and O–H groups in total. The predicted molar refractivity (Wildman–Crippen MR) is 99.7 cm³/mol. The number of esters is 1. The van der Waals surface area contributed by atoms with E-state index in [1.54, 1.807) is 48.5 Å². The fourth-order valence-corrected chi connectivity index (χ4v) is 3.30. The summed E-state index contributed by atoms with van der Waals surface area (Å²) in [4.78, 5) is 24.0. The Morgan fingerprint density at radius 2 is 1.65 bits per heavy atom. The molecule has 0 saturated carbocycles. The fraction of sp³-hybridized carbons (Fsp3) is 0.222. The first-order valence-electron chi connectivity index (χ1n) is 7.83. The number of sulfonamides is 1. The number of para-hydroxylation sites is 2. The molecule has 7 nitrogen and oxygen atoms in total. The Kier molecular flexibility index (Phi) is 6.35. The second-order valence-corrected chi connectivity index (χ2v) is 7.41. The number of hydrogen-bond donors (Lipinski definition) is 1. The number of anilines is 2. The second kappa shape index (κ2) is 8.48. The van der Waals surface area contributed by atoms with E-state index in [0.29, 0.717) is 11.4 Å². The molecule has 8 heteroatoms. The number of carbonyl (C=O) groups excluding carboxylic acids is 2. The van der Waals surface area contributed by atoms with Gasteiger partial charge < -0.3 is 10.1 Å². The van der Waals surface area contributed by atoms with E-state index >= 15 is 0 Å². The van der Waals surface area contributed by atoms with Crippen LogP contribution in [0.15, 0.2) is 54.6 Å². The van der Waals surface area contributed by atoms with E-state index < -0.39 is 21.9 Å². The number of nitrogens with zero attached hydrogens (tertiary/aromatic N) is 1. The maximum absolute atomic E-state index is 12.3. The third kappa shape index (κ3) is 5.06. The van der Waals surface area contributed by atoms with Crippen LogP contribution in [-0.2, 0) is 19.6 Å². The number of ether oxygens (including phenoxy) is 1. The zero-order valence-electron chi connectivity index (χ0n) is 14.5. The molecule has 0 atom stereocenters. The van der Waals surface area contributed by atoms with Gasteiger partial charge in [-0.25, -0.2) is 13.2 Å². The topological polar surface area (TPSA) is 92.8 Å². The van der Waals surface area contributed by atoms with Gasteiger partial charge >= 0.3 is 5.97 Å². The van der Waals surface area contributed by atoms with Crippen molar-refractivity contribution in [3.05, 3.63) is 60.2 Å². The third-order valence-electron chi connectivity index (χ3n) is 3.59. The minimum Gasteiger partial charge on any atom is -0.465 e. The molecule has 1 amide bonds. The Labute approximate surface area is 152 Å². The molecule has 0 radical (unpaired) electrons. The molecular weight excluding hydrogens is 356 g/mol. The number of carbonyl (C=O) groups is 2. The van der Waals surface area contributed by atoms with Crippen molar-refractivity contribution in [3.8, 4) is 0 Å². The Morgan fingerprint density at radius 1 is 1.04 bits per heavy atom. The van der Waals surface area contributed by atoms with Crippen molar-refractivity contribution in [1.29, 1.82) is 0 Å². The lowest BCUT2D eigenvalue weighted by molar-refractivity contribution is -0.116. The van der Waals surface area contributed by atoms with Crippen molar-refractivity contribution in [2.24, 2.45) is 0 Å². The highest BCUT2D eigenvalue weighted by molar-refractivity contribution is 7.92. The summed E-state index contributed by atoms with van der Waals surface area (Å²) in [5.41, 5.74) is 1.03. The fourth-order valence-electron chi connectivity index (χ4n) is 2.38. The lowest BCUT2D eigenvalue weighted by atomic mass is 10.1. The van der Waals surface area contributed by atoms with Crippen LogP contribution in [0.5, 0.6) is 0 Å². The Balaban J connectivity index is 2.09. The molecule has 138 valence electrons. The van der Waals surface area contributed by atoms with E-state index in [0.717, 1.165) is 6.26 Å². The van der Waals surface area contributed by atoms with Crippen molar-refractivity contribution in [2.75, 3.05) is 29.5 Å². The number of rotatable bonds is 7. The van der Waals surface area contributed by atoms with Crippen molar-refractivity contribution in [2.45, 2.75) is 6.42 Å². The summed E-state index contributed by atoms with van der Waals surface area (Å²) in [5.74, 6) is -0.978. The third-order valence-corrected chi connectivity index (χ3v) is 4.79. The highest BCUT2D eigenvalue weighted by atomic mass is 32.2. The van der Waals surface area contributed by atoms with E-state index in [4.69, 9.17) is 0 Å². The number of methoxy groups -OCH3 is 1. The summed E-state index contributed by atoms with van der Waals surface area (Å²) in [5, 5.41) is 2.62. The molecule has 0 fully saturated rings. The average molecular weight is 376 g/mol. The first-order chi connectivity index (χ1) is 12.3. The average Bonchev–Trinajstić information content (AvgIpc) is 2.61. The van der Waals surface area contributed by atoms with Gasteiger partial charge in [0, 0.05) is 13.0 Å². The van der Waals surface area contributed by atoms with Gasteiger partial charge in [0.1, 0.15) is 0 Å². The minimum absolute atomic E-state index is 0.0188. The highest BCUT2D eigenvalue weighted by Crippen LogP contribution is 2.19. The SMILES string of the molecule is COC(=O)c1ccccc1NC(=O)CCN(c1ccccc1)S(C)(=O)=O. The van der Waals surface area contributed by atoms with Crippen LogP contribution < -0.4 is 9.62 Å². The van der Waals surface area contributed by atoms with Crippen LogP contribution in [-0.4, -0.2) is 40.2 Å². The van der Waals surface area contributed by atoms with Gasteiger partial charge in [-0.3, -0.25) is 9.10 Å². The van der Waals surface area contributed by atoms with Crippen LogP contribution >= 0.6 is 0 Å². The molecule has 0 aliphatic rings. The van der Waals surface area contributed by atoms with Crippen molar-refractivity contribution in [1.82, 2.24) is 0 Å². The van der Waals surface area contributed by atoms with Crippen molar-refractivity contribution < 1.29 is 22.7 Å². The van der Waals surface area contributed by atoms with Crippen LogP contribution in [0.2, 0.25) is 0 Å².